The SMILES string of the molecule is COc1cc(O)ccc1[C@@H]1Nc2ccccc2-n2c(-c3cccc(C)c3)c3c(=O)n(C)c(=O)n(C)c3c21. The van der Waals surface area contributed by atoms with Gasteiger partial charge in [0.2, 0.25) is 0 Å². The first-order valence-electron chi connectivity index (χ1n) is 12.0. The number of phenolic OH excluding ortho intramolecular Hbond substituents is 1. The van der Waals surface area contributed by atoms with Gasteiger partial charge in [0, 0.05) is 25.7 Å². The third kappa shape index (κ3) is 3.22. The molecule has 1 aliphatic rings. The number of rotatable bonds is 3. The number of aromatic nitrogens is 3. The number of nitrogens with zero attached hydrogens (tertiary/aromatic N) is 3. The smallest absolute Gasteiger partial charge is 0.331 e. The Balaban J connectivity index is 1.86. The zero-order valence-electron chi connectivity index (χ0n) is 20.9. The maximum Gasteiger partial charge on any atom is 0.331 e. The van der Waals surface area contributed by atoms with Crippen LogP contribution < -0.4 is 21.3 Å². The summed E-state index contributed by atoms with van der Waals surface area (Å²) >= 11 is 0. The van der Waals surface area contributed by atoms with Crippen molar-refractivity contribution >= 4 is 16.6 Å². The fourth-order valence-electron chi connectivity index (χ4n) is 5.46. The van der Waals surface area contributed by atoms with Gasteiger partial charge in [0.1, 0.15) is 11.5 Å². The molecule has 2 aromatic heterocycles. The van der Waals surface area contributed by atoms with E-state index < -0.39 is 11.7 Å². The zero-order chi connectivity index (χ0) is 26.0. The highest BCUT2D eigenvalue weighted by Gasteiger charge is 2.35. The minimum Gasteiger partial charge on any atom is -0.508 e. The molecule has 0 bridgehead atoms. The van der Waals surface area contributed by atoms with Crippen molar-refractivity contribution in [3.63, 3.8) is 0 Å². The molecule has 0 unspecified atom stereocenters. The average Bonchev–Trinajstić information content (AvgIpc) is 3.27. The van der Waals surface area contributed by atoms with Gasteiger partial charge in [0.15, 0.2) is 0 Å². The normalized spacial score (nSPS) is 14.2. The minimum atomic E-state index is -0.482. The van der Waals surface area contributed by atoms with Crippen LogP contribution in [-0.2, 0) is 14.1 Å². The molecule has 5 aromatic rings. The molecule has 186 valence electrons. The second kappa shape index (κ2) is 8.16. The van der Waals surface area contributed by atoms with Gasteiger partial charge in [0.25, 0.3) is 5.56 Å². The number of nitrogens with one attached hydrogen (secondary N) is 1. The van der Waals surface area contributed by atoms with Crippen molar-refractivity contribution in [3.8, 4) is 28.4 Å². The largest absolute Gasteiger partial charge is 0.508 e. The van der Waals surface area contributed by atoms with Crippen LogP contribution in [0.1, 0.15) is 22.9 Å². The lowest BCUT2D eigenvalue weighted by molar-refractivity contribution is 0.401. The lowest BCUT2D eigenvalue weighted by atomic mass is 9.98. The molecule has 8 nitrogen and oxygen atoms in total. The van der Waals surface area contributed by atoms with E-state index in [9.17, 15) is 14.7 Å². The van der Waals surface area contributed by atoms with Gasteiger partial charge in [-0.1, -0.05) is 35.9 Å². The van der Waals surface area contributed by atoms with Gasteiger partial charge in [0.05, 0.1) is 46.8 Å². The van der Waals surface area contributed by atoms with E-state index in [0.717, 1.165) is 44.0 Å². The molecule has 6 rings (SSSR count). The average molecular weight is 495 g/mol. The molecule has 0 spiro atoms. The maximum atomic E-state index is 13.8. The number of anilines is 1. The first kappa shape index (κ1) is 22.7. The van der Waals surface area contributed by atoms with E-state index in [1.807, 2.05) is 55.5 Å². The number of phenols is 1. The number of methoxy groups -OCH3 is 1. The standard InChI is InChI=1S/C29H26N4O4/c1-16-8-7-9-17(14-16)25-23-26(31(2)29(36)32(3)28(23)35)27-24(19-13-12-18(34)15-22(19)37-4)30-20-10-5-6-11-21(20)33(25)27/h5-15,24,30,34H,1-4H3/t24-/m0/s1. The fraction of sp³-hybridized carbons (Fsp3) is 0.172. The van der Waals surface area contributed by atoms with Crippen LogP contribution >= 0.6 is 0 Å². The molecule has 0 amide bonds. The lowest BCUT2D eigenvalue weighted by Gasteiger charge is -2.32. The van der Waals surface area contributed by atoms with E-state index in [1.165, 1.54) is 11.6 Å². The van der Waals surface area contributed by atoms with Crippen LogP contribution in [0.2, 0.25) is 0 Å². The summed E-state index contributed by atoms with van der Waals surface area (Å²) in [6.07, 6.45) is 0. The van der Waals surface area contributed by atoms with Crippen molar-refractivity contribution in [1.29, 1.82) is 0 Å². The van der Waals surface area contributed by atoms with Crippen molar-refractivity contribution in [2.75, 3.05) is 12.4 Å². The van der Waals surface area contributed by atoms with Crippen molar-refractivity contribution in [2.45, 2.75) is 13.0 Å². The Morgan fingerprint density at radius 2 is 1.73 bits per heavy atom. The predicted octanol–water partition coefficient (Wildman–Crippen LogP) is 4.23. The molecule has 0 radical (unpaired) electrons. The van der Waals surface area contributed by atoms with Crippen molar-refractivity contribution in [3.05, 3.63) is 104 Å². The second-order valence-electron chi connectivity index (χ2n) is 9.39. The van der Waals surface area contributed by atoms with Gasteiger partial charge in [-0.05, 0) is 42.8 Å². The molecule has 37 heavy (non-hydrogen) atoms. The number of aromatic hydroxyl groups is 1. The van der Waals surface area contributed by atoms with E-state index in [4.69, 9.17) is 4.74 Å². The molecule has 0 fully saturated rings. The molecule has 1 atom stereocenters. The second-order valence-corrected chi connectivity index (χ2v) is 9.39. The maximum absolute atomic E-state index is 13.8. The topological polar surface area (TPSA) is 90.4 Å². The van der Waals surface area contributed by atoms with Gasteiger partial charge >= 0.3 is 5.69 Å². The molecule has 3 heterocycles. The van der Waals surface area contributed by atoms with Crippen LogP contribution in [0, 0.1) is 6.92 Å². The number of aryl methyl sites for hydroxylation is 2. The first-order valence-corrected chi connectivity index (χ1v) is 12.0. The highest BCUT2D eigenvalue weighted by molar-refractivity contribution is 5.99. The molecule has 0 aliphatic carbocycles. The van der Waals surface area contributed by atoms with Crippen LogP contribution in [0.25, 0.3) is 27.8 Å². The van der Waals surface area contributed by atoms with E-state index in [-0.39, 0.29) is 11.3 Å². The Morgan fingerprint density at radius 1 is 0.946 bits per heavy atom. The Hall–Kier alpha value is -4.72. The lowest BCUT2D eigenvalue weighted by Crippen LogP contribution is -2.37. The third-order valence-corrected chi connectivity index (χ3v) is 7.15. The summed E-state index contributed by atoms with van der Waals surface area (Å²) in [6, 6.07) is 20.4. The number of benzene rings is 3. The summed E-state index contributed by atoms with van der Waals surface area (Å²) < 4.78 is 10.4. The van der Waals surface area contributed by atoms with E-state index >= 15 is 0 Å². The predicted molar refractivity (Wildman–Crippen MR) is 144 cm³/mol. The molecule has 2 N–H and O–H groups in total. The fourth-order valence-corrected chi connectivity index (χ4v) is 5.46. The van der Waals surface area contributed by atoms with Crippen LogP contribution in [0.3, 0.4) is 0 Å². The van der Waals surface area contributed by atoms with Crippen molar-refractivity contribution in [2.24, 2.45) is 14.1 Å². The summed E-state index contributed by atoms with van der Waals surface area (Å²) in [5.41, 5.74) is 5.68. The monoisotopic (exact) mass is 494 g/mol. The van der Waals surface area contributed by atoms with Crippen LogP contribution in [0.5, 0.6) is 11.5 Å². The quantitative estimate of drug-likeness (QED) is 0.392. The van der Waals surface area contributed by atoms with Gasteiger partial charge in [-0.15, -0.1) is 0 Å². The molecule has 3 aromatic carbocycles. The van der Waals surface area contributed by atoms with Gasteiger partial charge in [-0.2, -0.15) is 0 Å². The molecule has 8 heteroatoms. The number of hydrogen-bond acceptors (Lipinski definition) is 5. The van der Waals surface area contributed by atoms with E-state index in [2.05, 4.69) is 9.88 Å². The molecule has 0 saturated carbocycles. The highest BCUT2D eigenvalue weighted by Crippen LogP contribution is 2.47. The Morgan fingerprint density at radius 3 is 2.49 bits per heavy atom. The van der Waals surface area contributed by atoms with Crippen LogP contribution in [0.4, 0.5) is 5.69 Å². The number of ether oxygens (including phenoxy) is 1. The van der Waals surface area contributed by atoms with E-state index in [1.54, 1.807) is 32.4 Å². The van der Waals surface area contributed by atoms with Crippen molar-refractivity contribution < 1.29 is 9.84 Å². The third-order valence-electron chi connectivity index (χ3n) is 7.15. The minimum absolute atomic E-state index is 0.0822. The molecule has 0 saturated heterocycles. The summed E-state index contributed by atoms with van der Waals surface area (Å²) in [5.74, 6) is 0.572. The van der Waals surface area contributed by atoms with E-state index in [0.29, 0.717) is 16.7 Å². The van der Waals surface area contributed by atoms with Crippen molar-refractivity contribution in [1.82, 2.24) is 13.7 Å². The zero-order valence-corrected chi connectivity index (χ0v) is 20.9. The van der Waals surface area contributed by atoms with Crippen LogP contribution in [-0.4, -0.2) is 25.9 Å². The molecule has 1 aliphatic heterocycles. The first-order chi connectivity index (χ1) is 17.8. The van der Waals surface area contributed by atoms with Gasteiger partial charge in [-0.25, -0.2) is 4.79 Å². The Bertz CT molecular complexity index is 1840. The number of para-hydroxylation sites is 2. The van der Waals surface area contributed by atoms with Gasteiger partial charge in [-0.3, -0.25) is 13.9 Å². The van der Waals surface area contributed by atoms with Gasteiger partial charge < -0.3 is 19.7 Å². The Labute approximate surface area is 212 Å². The highest BCUT2D eigenvalue weighted by atomic mass is 16.5. The van der Waals surface area contributed by atoms with Crippen LogP contribution in [0.15, 0.2) is 76.3 Å². The summed E-state index contributed by atoms with van der Waals surface area (Å²) in [7, 11) is 4.75. The summed E-state index contributed by atoms with van der Waals surface area (Å²) in [4.78, 5) is 27.0. The number of hydrogen-bond donors (Lipinski definition) is 2. The number of fused-ring (bicyclic) bond motifs is 5. The molecular formula is C29H26N4O4. The summed E-state index contributed by atoms with van der Waals surface area (Å²) in [6.45, 7) is 2.01. The molecular weight excluding hydrogens is 468 g/mol. The summed E-state index contributed by atoms with van der Waals surface area (Å²) in [5, 5.41) is 14.2. The Kier molecular flexibility index (Phi) is 5.01.